The molecule has 1 rings (SSSR count). The molecular formula is C12H15NO2. The molecule has 0 amide bonds. The van der Waals surface area contributed by atoms with Gasteiger partial charge in [-0.25, -0.2) is 0 Å². The summed E-state index contributed by atoms with van der Waals surface area (Å²) in [6, 6.07) is 5.34. The second-order valence-electron chi connectivity index (χ2n) is 3.04. The second kappa shape index (κ2) is 5.94. The van der Waals surface area contributed by atoms with Gasteiger partial charge in [0.15, 0.2) is 11.5 Å². The van der Waals surface area contributed by atoms with Gasteiger partial charge < -0.3 is 15.2 Å². The third kappa shape index (κ3) is 3.53. The van der Waals surface area contributed by atoms with Crippen molar-refractivity contribution < 1.29 is 9.84 Å². The van der Waals surface area contributed by atoms with Crippen molar-refractivity contribution >= 4 is 0 Å². The topological polar surface area (TPSA) is 41.5 Å². The first kappa shape index (κ1) is 11.4. The molecular weight excluding hydrogens is 190 g/mol. The highest BCUT2D eigenvalue weighted by molar-refractivity contribution is 5.41. The van der Waals surface area contributed by atoms with Crippen molar-refractivity contribution in [2.45, 2.75) is 13.5 Å². The van der Waals surface area contributed by atoms with Crippen molar-refractivity contribution in [2.75, 3.05) is 13.7 Å². The summed E-state index contributed by atoms with van der Waals surface area (Å²) in [5.74, 6) is 6.37. The van der Waals surface area contributed by atoms with Crippen LogP contribution in [-0.2, 0) is 6.54 Å². The fraction of sp³-hybridized carbons (Fsp3) is 0.333. The molecule has 3 nitrogen and oxygen atoms in total. The Hall–Kier alpha value is -1.66. The lowest BCUT2D eigenvalue weighted by atomic mass is 10.2. The summed E-state index contributed by atoms with van der Waals surface area (Å²) < 4.78 is 4.95. The van der Waals surface area contributed by atoms with E-state index in [9.17, 15) is 5.11 Å². The number of rotatable bonds is 4. The molecule has 2 N–H and O–H groups in total. The maximum atomic E-state index is 9.51. The van der Waals surface area contributed by atoms with Crippen molar-refractivity contribution in [3.63, 3.8) is 0 Å². The van der Waals surface area contributed by atoms with Gasteiger partial charge in [-0.1, -0.05) is 12.0 Å². The van der Waals surface area contributed by atoms with Crippen LogP contribution in [0, 0.1) is 11.8 Å². The summed E-state index contributed by atoms with van der Waals surface area (Å²) in [6.45, 7) is 3.15. The number of aromatic hydroxyl groups is 1. The summed E-state index contributed by atoms with van der Waals surface area (Å²) in [6.07, 6.45) is 0. The average Bonchev–Trinajstić information content (AvgIpc) is 2.25. The zero-order valence-electron chi connectivity index (χ0n) is 9.00. The second-order valence-corrected chi connectivity index (χ2v) is 3.04. The van der Waals surface area contributed by atoms with Crippen LogP contribution in [0.3, 0.4) is 0 Å². The number of phenols is 1. The Labute approximate surface area is 90.1 Å². The molecule has 0 spiro atoms. The number of hydrogen-bond acceptors (Lipinski definition) is 3. The van der Waals surface area contributed by atoms with Crippen molar-refractivity contribution in [3.05, 3.63) is 23.8 Å². The van der Waals surface area contributed by atoms with E-state index in [2.05, 4.69) is 17.2 Å². The van der Waals surface area contributed by atoms with Crippen molar-refractivity contribution in [1.29, 1.82) is 0 Å². The predicted octanol–water partition coefficient (Wildman–Crippen LogP) is 1.51. The van der Waals surface area contributed by atoms with Crippen LogP contribution < -0.4 is 10.1 Å². The molecule has 3 heteroatoms. The Bertz CT molecular complexity index is 377. The minimum Gasteiger partial charge on any atom is -0.504 e. The van der Waals surface area contributed by atoms with Crippen LogP contribution in [0.5, 0.6) is 11.5 Å². The number of ether oxygens (including phenoxy) is 1. The van der Waals surface area contributed by atoms with E-state index in [1.54, 1.807) is 19.1 Å². The summed E-state index contributed by atoms with van der Waals surface area (Å²) in [4.78, 5) is 0. The largest absolute Gasteiger partial charge is 0.504 e. The van der Waals surface area contributed by atoms with E-state index >= 15 is 0 Å². The van der Waals surface area contributed by atoms with Gasteiger partial charge in [0.05, 0.1) is 13.7 Å². The summed E-state index contributed by atoms with van der Waals surface area (Å²) in [7, 11) is 1.53. The van der Waals surface area contributed by atoms with E-state index in [-0.39, 0.29) is 5.75 Å². The van der Waals surface area contributed by atoms with E-state index in [1.807, 2.05) is 6.07 Å². The first-order valence-corrected chi connectivity index (χ1v) is 4.74. The van der Waals surface area contributed by atoms with Gasteiger partial charge in [-0.3, -0.25) is 0 Å². The maximum absolute atomic E-state index is 9.51. The molecule has 0 aliphatic heterocycles. The Morgan fingerprint density at radius 2 is 2.27 bits per heavy atom. The Kier molecular flexibility index (Phi) is 4.52. The normalized spacial score (nSPS) is 9.20. The van der Waals surface area contributed by atoms with Gasteiger partial charge in [0.1, 0.15) is 0 Å². The van der Waals surface area contributed by atoms with E-state index in [4.69, 9.17) is 4.74 Å². The smallest absolute Gasteiger partial charge is 0.160 e. The average molecular weight is 205 g/mol. The van der Waals surface area contributed by atoms with E-state index < -0.39 is 0 Å². The molecule has 80 valence electrons. The SMILES string of the molecule is CC#CCNCc1ccc(OC)c(O)c1. The number of methoxy groups -OCH3 is 1. The highest BCUT2D eigenvalue weighted by Crippen LogP contribution is 2.25. The molecule has 1 aromatic carbocycles. The van der Waals surface area contributed by atoms with Gasteiger partial charge in [-0.05, 0) is 24.6 Å². The quantitative estimate of drug-likeness (QED) is 0.578. The minimum atomic E-state index is 0.165. The Morgan fingerprint density at radius 3 is 2.87 bits per heavy atom. The van der Waals surface area contributed by atoms with Gasteiger partial charge in [0.2, 0.25) is 0 Å². The molecule has 0 heterocycles. The Morgan fingerprint density at radius 1 is 1.47 bits per heavy atom. The van der Waals surface area contributed by atoms with Crippen LogP contribution in [0.4, 0.5) is 0 Å². The molecule has 0 saturated heterocycles. The first-order valence-electron chi connectivity index (χ1n) is 4.74. The van der Waals surface area contributed by atoms with Gasteiger partial charge in [-0.2, -0.15) is 0 Å². The lowest BCUT2D eigenvalue weighted by Gasteiger charge is -2.06. The van der Waals surface area contributed by atoms with Crippen LogP contribution in [-0.4, -0.2) is 18.8 Å². The lowest BCUT2D eigenvalue weighted by molar-refractivity contribution is 0.373. The molecule has 0 radical (unpaired) electrons. The number of benzene rings is 1. The first-order chi connectivity index (χ1) is 7.27. The molecule has 15 heavy (non-hydrogen) atoms. The van der Waals surface area contributed by atoms with Crippen LogP contribution in [0.2, 0.25) is 0 Å². The zero-order valence-corrected chi connectivity index (χ0v) is 9.00. The van der Waals surface area contributed by atoms with E-state index in [1.165, 1.54) is 7.11 Å². The summed E-state index contributed by atoms with van der Waals surface area (Å²) in [5, 5.41) is 12.7. The van der Waals surface area contributed by atoms with Crippen LogP contribution in [0.15, 0.2) is 18.2 Å². The highest BCUT2D eigenvalue weighted by atomic mass is 16.5. The van der Waals surface area contributed by atoms with Crippen LogP contribution in [0.25, 0.3) is 0 Å². The lowest BCUT2D eigenvalue weighted by Crippen LogP contribution is -2.12. The van der Waals surface area contributed by atoms with Crippen molar-refractivity contribution in [1.82, 2.24) is 5.32 Å². The molecule has 0 aromatic heterocycles. The van der Waals surface area contributed by atoms with Gasteiger partial charge >= 0.3 is 0 Å². The van der Waals surface area contributed by atoms with Gasteiger partial charge in [0.25, 0.3) is 0 Å². The van der Waals surface area contributed by atoms with Crippen molar-refractivity contribution in [3.8, 4) is 23.3 Å². The maximum Gasteiger partial charge on any atom is 0.160 e. The Balaban J connectivity index is 2.54. The third-order valence-corrected chi connectivity index (χ3v) is 1.96. The molecule has 0 bridgehead atoms. The van der Waals surface area contributed by atoms with Gasteiger partial charge in [-0.15, -0.1) is 5.92 Å². The fourth-order valence-electron chi connectivity index (χ4n) is 1.20. The molecule has 0 aliphatic carbocycles. The third-order valence-electron chi connectivity index (χ3n) is 1.96. The zero-order chi connectivity index (χ0) is 11.1. The number of phenolic OH excluding ortho intramolecular Hbond substituents is 1. The molecule has 0 aliphatic rings. The standard InChI is InChI=1S/C12H15NO2/c1-3-4-7-13-9-10-5-6-12(15-2)11(14)8-10/h5-6,8,13-14H,7,9H2,1-2H3. The monoisotopic (exact) mass is 205 g/mol. The van der Waals surface area contributed by atoms with Gasteiger partial charge in [0, 0.05) is 6.54 Å². The molecule has 0 unspecified atom stereocenters. The molecule has 0 atom stereocenters. The minimum absolute atomic E-state index is 0.165. The number of hydrogen-bond donors (Lipinski definition) is 2. The fourth-order valence-corrected chi connectivity index (χ4v) is 1.20. The van der Waals surface area contributed by atoms with E-state index in [0.717, 1.165) is 5.56 Å². The summed E-state index contributed by atoms with van der Waals surface area (Å²) >= 11 is 0. The number of nitrogens with one attached hydrogen (secondary N) is 1. The van der Waals surface area contributed by atoms with Crippen LogP contribution in [0.1, 0.15) is 12.5 Å². The molecule has 1 aromatic rings. The highest BCUT2D eigenvalue weighted by Gasteiger charge is 2.01. The van der Waals surface area contributed by atoms with Crippen LogP contribution >= 0.6 is 0 Å². The predicted molar refractivity (Wildman–Crippen MR) is 59.8 cm³/mol. The summed E-state index contributed by atoms with van der Waals surface area (Å²) in [5.41, 5.74) is 1.01. The van der Waals surface area contributed by atoms with Crippen molar-refractivity contribution in [2.24, 2.45) is 0 Å². The molecule has 0 saturated carbocycles. The van der Waals surface area contributed by atoms with E-state index in [0.29, 0.717) is 18.8 Å². The molecule has 0 fully saturated rings.